The van der Waals surface area contributed by atoms with Crippen LogP contribution in [-0.2, 0) is 4.79 Å². The lowest BCUT2D eigenvalue weighted by atomic mass is 9.89. The van der Waals surface area contributed by atoms with Crippen molar-refractivity contribution in [3.05, 3.63) is 40.4 Å². The van der Waals surface area contributed by atoms with Gasteiger partial charge in [-0.15, -0.1) is 11.3 Å². The maximum atomic E-state index is 16.7. The number of carbonyl (C=O) groups excluding carboxylic acids is 1. The summed E-state index contributed by atoms with van der Waals surface area (Å²) in [6.07, 6.45) is 5.07. The predicted octanol–water partition coefficient (Wildman–Crippen LogP) is 5.95. The summed E-state index contributed by atoms with van der Waals surface area (Å²) in [7, 11) is 0. The van der Waals surface area contributed by atoms with E-state index >= 15 is 4.39 Å². The Morgan fingerprint density at radius 1 is 1.27 bits per heavy atom. The van der Waals surface area contributed by atoms with E-state index < -0.39 is 11.6 Å². The maximum Gasteiger partial charge on any atom is 0.320 e. The van der Waals surface area contributed by atoms with Crippen LogP contribution in [0.15, 0.2) is 18.2 Å². The molecule has 4 aromatic rings. The van der Waals surface area contributed by atoms with Crippen molar-refractivity contribution < 1.29 is 23.0 Å². The summed E-state index contributed by atoms with van der Waals surface area (Å²) in [5.41, 5.74) is 6.11. The molecule has 4 heterocycles. The Balaban J connectivity index is 1.33. The van der Waals surface area contributed by atoms with Gasteiger partial charge in [0.2, 0.25) is 11.8 Å². The van der Waals surface area contributed by atoms with Gasteiger partial charge in [0.1, 0.15) is 35.1 Å². The van der Waals surface area contributed by atoms with Gasteiger partial charge in [0, 0.05) is 36.8 Å². The van der Waals surface area contributed by atoms with Crippen LogP contribution in [0.4, 0.5) is 13.8 Å². The molecule has 0 spiro atoms. The van der Waals surface area contributed by atoms with Gasteiger partial charge < -0.3 is 20.5 Å². The Bertz CT molecular complexity index is 1860. The molecule has 2 aliphatic heterocycles. The lowest BCUT2D eigenvalue weighted by molar-refractivity contribution is -0.120. The minimum Gasteiger partial charge on any atom is -0.474 e. The van der Waals surface area contributed by atoms with E-state index in [0.29, 0.717) is 19.4 Å². The second kappa shape index (κ2) is 11.0. The van der Waals surface area contributed by atoms with Gasteiger partial charge in [-0.2, -0.15) is 15.2 Å². The molecule has 0 atom stereocenters. The number of nitrogens with one attached hydrogen (secondary N) is 1. The summed E-state index contributed by atoms with van der Waals surface area (Å²) in [5.74, 6) is -1.35. The number of amides is 1. The molecular weight excluding hydrogens is 610 g/mol. The van der Waals surface area contributed by atoms with Crippen LogP contribution < -0.4 is 20.5 Å². The van der Waals surface area contributed by atoms with Gasteiger partial charge in [-0.3, -0.25) is 9.69 Å². The smallest absolute Gasteiger partial charge is 0.320 e. The van der Waals surface area contributed by atoms with E-state index in [4.69, 9.17) is 26.8 Å². The fourth-order valence-electron chi connectivity index (χ4n) is 6.94. The highest BCUT2D eigenvalue weighted by Crippen LogP contribution is 2.46. The lowest BCUT2D eigenvalue weighted by Crippen LogP contribution is -2.48. The van der Waals surface area contributed by atoms with E-state index in [0.717, 1.165) is 50.1 Å². The number of aromatic nitrogens is 2. The number of hydrogen-bond acceptors (Lipinski definition) is 9. The normalized spacial score (nSPS) is 20.8. The van der Waals surface area contributed by atoms with E-state index in [1.165, 1.54) is 25.1 Å². The number of carbonyl (C=O) groups is 1. The highest BCUT2D eigenvalue weighted by Gasteiger charge is 2.45. The monoisotopic (exact) mass is 638 g/mol. The third-order valence-electron chi connectivity index (χ3n) is 9.09. The molecule has 0 radical (unpaired) electrons. The molecule has 2 aromatic carbocycles. The largest absolute Gasteiger partial charge is 0.474 e. The van der Waals surface area contributed by atoms with Crippen molar-refractivity contribution in [2.24, 2.45) is 0 Å². The number of nitriles is 1. The van der Waals surface area contributed by atoms with Crippen LogP contribution in [0.5, 0.6) is 11.9 Å². The summed E-state index contributed by atoms with van der Waals surface area (Å²) in [5, 5.41) is 13.2. The summed E-state index contributed by atoms with van der Waals surface area (Å²) >= 11 is 7.65. The molecule has 0 unspecified atom stereocenters. The average Bonchev–Trinajstić information content (AvgIpc) is 3.64. The maximum absolute atomic E-state index is 16.7. The summed E-state index contributed by atoms with van der Waals surface area (Å²) in [4.78, 5) is 23.0. The molecule has 9 nitrogen and oxygen atoms in total. The molecule has 228 valence electrons. The Morgan fingerprint density at radius 2 is 2.02 bits per heavy atom. The number of nitrogens with two attached hydrogens (primary N) is 1. The number of nitrogens with zero attached hydrogens (tertiary/aromatic N) is 4. The van der Waals surface area contributed by atoms with Gasteiger partial charge in [-0.05, 0) is 56.5 Å². The Labute approximate surface area is 260 Å². The lowest BCUT2D eigenvalue weighted by Gasteiger charge is -2.35. The number of halogens is 3. The third kappa shape index (κ3) is 4.78. The number of hydrogen-bond donors (Lipinski definition) is 2. The minimum absolute atomic E-state index is 0.00913. The predicted molar refractivity (Wildman–Crippen MR) is 164 cm³/mol. The van der Waals surface area contributed by atoms with E-state index in [1.807, 2.05) is 6.07 Å². The number of rotatable bonds is 7. The number of thiophene rings is 1. The molecule has 7 rings (SSSR count). The number of ether oxygens (including phenoxy) is 2. The zero-order valence-corrected chi connectivity index (χ0v) is 25.5. The van der Waals surface area contributed by atoms with Crippen LogP contribution in [0, 0.1) is 23.0 Å². The van der Waals surface area contributed by atoms with Crippen LogP contribution in [0.3, 0.4) is 0 Å². The van der Waals surface area contributed by atoms with Crippen molar-refractivity contribution in [2.45, 2.75) is 63.1 Å². The van der Waals surface area contributed by atoms with Crippen LogP contribution in [0.1, 0.15) is 51.0 Å². The van der Waals surface area contributed by atoms with Crippen molar-refractivity contribution in [3.8, 4) is 29.1 Å². The third-order valence-corrected chi connectivity index (χ3v) is 10.4. The first-order valence-corrected chi connectivity index (χ1v) is 15.8. The van der Waals surface area contributed by atoms with E-state index in [9.17, 15) is 14.4 Å². The van der Waals surface area contributed by atoms with Crippen LogP contribution in [-0.4, -0.2) is 58.2 Å². The number of benzene rings is 2. The molecular formula is C31H29ClF2N6O3S. The van der Waals surface area contributed by atoms with Crippen molar-refractivity contribution in [1.29, 1.82) is 5.26 Å². The Hall–Kier alpha value is -3.79. The van der Waals surface area contributed by atoms with Gasteiger partial charge in [0.15, 0.2) is 5.82 Å². The molecule has 3 aliphatic rings. The van der Waals surface area contributed by atoms with Crippen LogP contribution in [0.25, 0.3) is 32.1 Å². The fraction of sp³-hybridized carbons (Fsp3) is 0.419. The van der Waals surface area contributed by atoms with Crippen molar-refractivity contribution >= 4 is 54.8 Å². The molecule has 1 saturated carbocycles. The topological polar surface area (TPSA) is 126 Å². The van der Waals surface area contributed by atoms with E-state index in [1.54, 1.807) is 0 Å². The average molecular weight is 639 g/mol. The molecule has 2 saturated heterocycles. The SMILES string of the molecule is CC(=O)NC1CC(Oc2nc(OCC34CCCN3CCC4)nc3c(F)c(-c4ccc(F)c5sc(N)c(C#N)c45)c(Cl)cc23)C1. The summed E-state index contributed by atoms with van der Waals surface area (Å²) < 4.78 is 44.0. The highest BCUT2D eigenvalue weighted by molar-refractivity contribution is 7.23. The van der Waals surface area contributed by atoms with Gasteiger partial charge in [0.05, 0.1) is 26.2 Å². The minimum atomic E-state index is -0.780. The van der Waals surface area contributed by atoms with Crippen LogP contribution in [0.2, 0.25) is 5.02 Å². The molecule has 3 fully saturated rings. The quantitative estimate of drug-likeness (QED) is 0.254. The molecule has 0 bridgehead atoms. The zero-order chi connectivity index (χ0) is 30.7. The second-order valence-electron chi connectivity index (χ2n) is 11.8. The number of nitrogen functional groups attached to an aromatic ring is 1. The molecule has 13 heteroatoms. The standard InChI is InChI=1S/C31H29ClF2N6O3S/c1-15(41)37-16-10-17(11-16)43-29-19-12-21(32)24(18-4-5-22(33)27-23(18)20(13-35)28(36)44-27)25(34)26(19)38-30(39-29)42-14-31-6-2-8-40(31)9-3-7-31/h4-5,12,16-17H,2-3,6-11,14,36H2,1H3,(H,37,41). The van der Waals surface area contributed by atoms with Gasteiger partial charge in [0.25, 0.3) is 0 Å². The van der Waals surface area contributed by atoms with Crippen molar-refractivity contribution in [1.82, 2.24) is 20.2 Å². The van der Waals surface area contributed by atoms with E-state index in [2.05, 4.69) is 20.2 Å². The van der Waals surface area contributed by atoms with Crippen molar-refractivity contribution in [3.63, 3.8) is 0 Å². The number of anilines is 1. The number of fused-ring (bicyclic) bond motifs is 3. The Kier molecular flexibility index (Phi) is 7.22. The molecule has 1 amide bonds. The van der Waals surface area contributed by atoms with Gasteiger partial charge >= 0.3 is 6.01 Å². The second-order valence-corrected chi connectivity index (χ2v) is 13.3. The zero-order valence-electron chi connectivity index (χ0n) is 23.9. The first-order valence-electron chi connectivity index (χ1n) is 14.6. The van der Waals surface area contributed by atoms with Crippen molar-refractivity contribution in [2.75, 3.05) is 25.4 Å². The van der Waals surface area contributed by atoms with Crippen LogP contribution >= 0.6 is 22.9 Å². The molecule has 2 aromatic heterocycles. The fourth-order valence-corrected chi connectivity index (χ4v) is 8.19. The molecule has 44 heavy (non-hydrogen) atoms. The highest BCUT2D eigenvalue weighted by atomic mass is 35.5. The first-order chi connectivity index (χ1) is 21.2. The molecule has 1 aliphatic carbocycles. The summed E-state index contributed by atoms with van der Waals surface area (Å²) in [6.45, 7) is 3.88. The summed E-state index contributed by atoms with van der Waals surface area (Å²) in [6, 6.07) is 6.09. The van der Waals surface area contributed by atoms with E-state index in [-0.39, 0.29) is 83.2 Å². The van der Waals surface area contributed by atoms with Gasteiger partial charge in [-0.25, -0.2) is 8.78 Å². The van der Waals surface area contributed by atoms with Gasteiger partial charge in [-0.1, -0.05) is 17.7 Å². The first kappa shape index (κ1) is 29.0. The Morgan fingerprint density at radius 3 is 2.73 bits per heavy atom. The molecule has 3 N–H and O–H groups in total.